The molecule has 0 unspecified atom stereocenters. The molecule has 0 aliphatic heterocycles. The maximum atomic E-state index is 2.35. The van der Waals surface area contributed by atoms with Crippen LogP contribution < -0.4 is 4.90 Å². The van der Waals surface area contributed by atoms with Crippen molar-refractivity contribution in [2.45, 2.75) is 57.3 Å². The Kier molecular flexibility index (Phi) is 6.14. The molecule has 0 amide bonds. The zero-order valence-electron chi connectivity index (χ0n) is 18.8. The van der Waals surface area contributed by atoms with E-state index in [4.69, 9.17) is 0 Å². The van der Waals surface area contributed by atoms with Crippen LogP contribution in [0, 0.1) is 0 Å². The topological polar surface area (TPSA) is 3.24 Å². The maximum absolute atomic E-state index is 2.35. The van der Waals surface area contributed by atoms with Crippen LogP contribution in [-0.2, 0) is 10.8 Å². The smallest absolute Gasteiger partial charge is 0.0472 e. The molecule has 0 N–H and O–H groups in total. The third-order valence-corrected chi connectivity index (χ3v) is 6.02. The van der Waals surface area contributed by atoms with E-state index >= 15 is 0 Å². The number of thioether (sulfide) groups is 1. The Hall–Kier alpha value is -2.19. The van der Waals surface area contributed by atoms with Crippen LogP contribution >= 0.6 is 11.8 Å². The molecule has 3 aromatic carbocycles. The van der Waals surface area contributed by atoms with Gasteiger partial charge in [-0.1, -0.05) is 71.9 Å². The van der Waals surface area contributed by atoms with E-state index in [9.17, 15) is 0 Å². The second kappa shape index (κ2) is 8.28. The van der Waals surface area contributed by atoms with E-state index in [0.29, 0.717) is 0 Å². The van der Waals surface area contributed by atoms with Crippen molar-refractivity contribution in [3.63, 3.8) is 0 Å². The minimum Gasteiger partial charge on any atom is -0.310 e. The van der Waals surface area contributed by atoms with Crippen LogP contribution in [0.15, 0.2) is 77.7 Å². The van der Waals surface area contributed by atoms with E-state index in [2.05, 4.69) is 125 Å². The van der Waals surface area contributed by atoms with Crippen molar-refractivity contribution in [1.82, 2.24) is 0 Å². The highest BCUT2D eigenvalue weighted by molar-refractivity contribution is 7.98. The van der Waals surface area contributed by atoms with Gasteiger partial charge in [-0.2, -0.15) is 0 Å². The van der Waals surface area contributed by atoms with Crippen LogP contribution in [0.1, 0.15) is 52.7 Å². The summed E-state index contributed by atoms with van der Waals surface area (Å²) in [6.45, 7) is 13.5. The number of hydrogen-bond donors (Lipinski definition) is 0. The van der Waals surface area contributed by atoms with Gasteiger partial charge in [0.15, 0.2) is 0 Å². The third-order valence-electron chi connectivity index (χ3n) is 5.29. The zero-order valence-corrected chi connectivity index (χ0v) is 19.6. The van der Waals surface area contributed by atoms with E-state index in [-0.39, 0.29) is 10.8 Å². The number of hydrogen-bond acceptors (Lipinski definition) is 2. The van der Waals surface area contributed by atoms with Crippen LogP contribution in [0.2, 0.25) is 0 Å². The summed E-state index contributed by atoms with van der Waals surface area (Å²) >= 11 is 1.78. The summed E-state index contributed by atoms with van der Waals surface area (Å²) in [4.78, 5) is 3.61. The van der Waals surface area contributed by atoms with Gasteiger partial charge >= 0.3 is 0 Å². The predicted molar refractivity (Wildman–Crippen MR) is 130 cm³/mol. The molecule has 0 aliphatic rings. The minimum absolute atomic E-state index is 0.149. The van der Waals surface area contributed by atoms with E-state index < -0.39 is 0 Å². The molecule has 0 atom stereocenters. The van der Waals surface area contributed by atoms with Crippen molar-refractivity contribution in [2.24, 2.45) is 0 Å². The first-order valence-electron chi connectivity index (χ1n) is 10.2. The third kappa shape index (κ3) is 5.05. The summed E-state index contributed by atoms with van der Waals surface area (Å²) in [5, 5.41) is 0. The first kappa shape index (κ1) is 21.5. The predicted octanol–water partition coefficient (Wildman–Crippen LogP) is 8.47. The van der Waals surface area contributed by atoms with Crippen LogP contribution in [0.4, 0.5) is 17.1 Å². The fraction of sp³-hybridized carbons (Fsp3) is 0.333. The highest BCUT2D eigenvalue weighted by Gasteiger charge is 2.18. The molecule has 0 saturated heterocycles. The Morgan fingerprint density at radius 2 is 1.03 bits per heavy atom. The maximum Gasteiger partial charge on any atom is 0.0472 e. The fourth-order valence-electron chi connectivity index (χ4n) is 3.42. The van der Waals surface area contributed by atoms with Crippen LogP contribution in [0.25, 0.3) is 0 Å². The highest BCUT2D eigenvalue weighted by atomic mass is 32.2. The van der Waals surface area contributed by atoms with Gasteiger partial charge < -0.3 is 4.90 Å². The Morgan fingerprint density at radius 3 is 1.41 bits per heavy atom. The van der Waals surface area contributed by atoms with Gasteiger partial charge in [-0.05, 0) is 70.7 Å². The second-order valence-corrected chi connectivity index (χ2v) is 10.5. The number of rotatable bonds is 4. The van der Waals surface area contributed by atoms with Crippen molar-refractivity contribution in [3.05, 3.63) is 83.9 Å². The quantitative estimate of drug-likeness (QED) is 0.402. The molecule has 29 heavy (non-hydrogen) atoms. The van der Waals surface area contributed by atoms with Gasteiger partial charge in [-0.25, -0.2) is 0 Å². The molecule has 3 aromatic rings. The van der Waals surface area contributed by atoms with Crippen molar-refractivity contribution in [1.29, 1.82) is 0 Å². The minimum atomic E-state index is 0.149. The molecule has 3 rings (SSSR count). The number of anilines is 3. The lowest BCUT2D eigenvalue weighted by Gasteiger charge is -2.28. The monoisotopic (exact) mass is 403 g/mol. The molecule has 0 spiro atoms. The van der Waals surface area contributed by atoms with E-state index in [0.717, 1.165) is 0 Å². The van der Waals surface area contributed by atoms with Crippen molar-refractivity contribution < 1.29 is 0 Å². The molecule has 152 valence electrons. The number of benzene rings is 3. The summed E-state index contributed by atoms with van der Waals surface area (Å²) in [6, 6.07) is 26.7. The lowest BCUT2D eigenvalue weighted by Crippen LogP contribution is -2.14. The first-order chi connectivity index (χ1) is 13.6. The molecule has 0 saturated carbocycles. The molecule has 0 radical (unpaired) electrons. The molecule has 1 nitrogen and oxygen atoms in total. The van der Waals surface area contributed by atoms with Gasteiger partial charge in [0.2, 0.25) is 0 Å². The zero-order chi connectivity index (χ0) is 21.2. The Balaban J connectivity index is 2.09. The van der Waals surface area contributed by atoms with E-state index in [1.807, 2.05) is 0 Å². The normalized spacial score (nSPS) is 12.1. The lowest BCUT2D eigenvalue weighted by atomic mass is 9.86. The largest absolute Gasteiger partial charge is 0.310 e. The Morgan fingerprint density at radius 1 is 0.586 bits per heavy atom. The van der Waals surface area contributed by atoms with Crippen LogP contribution in [-0.4, -0.2) is 6.26 Å². The number of nitrogens with zero attached hydrogens (tertiary/aromatic N) is 1. The van der Waals surface area contributed by atoms with Crippen molar-refractivity contribution >= 4 is 28.8 Å². The Labute approximate surface area is 181 Å². The van der Waals surface area contributed by atoms with Gasteiger partial charge in [0, 0.05) is 22.0 Å². The average molecular weight is 404 g/mol. The molecule has 0 fully saturated rings. The van der Waals surface area contributed by atoms with Gasteiger partial charge in [-0.3, -0.25) is 0 Å². The molecule has 0 bridgehead atoms. The summed E-state index contributed by atoms with van der Waals surface area (Å²) in [5.74, 6) is 0. The van der Waals surface area contributed by atoms with E-state index in [1.54, 1.807) is 11.8 Å². The molecule has 2 heteroatoms. The summed E-state index contributed by atoms with van der Waals surface area (Å²) < 4.78 is 0. The summed E-state index contributed by atoms with van der Waals surface area (Å²) in [5.41, 5.74) is 6.54. The first-order valence-corrected chi connectivity index (χ1v) is 11.5. The summed E-state index contributed by atoms with van der Waals surface area (Å²) in [7, 11) is 0. The van der Waals surface area contributed by atoms with Crippen LogP contribution in [0.5, 0.6) is 0 Å². The second-order valence-electron chi connectivity index (χ2n) is 9.63. The molecular formula is C27H33NS. The fourth-order valence-corrected chi connectivity index (χ4v) is 3.87. The average Bonchev–Trinajstić information content (AvgIpc) is 2.68. The SMILES string of the molecule is CSc1cccc(N(c2ccc(C(C)(C)C)cc2)c2ccc(C(C)(C)C)cc2)c1. The molecular weight excluding hydrogens is 370 g/mol. The van der Waals surface area contributed by atoms with Gasteiger partial charge in [0.05, 0.1) is 0 Å². The van der Waals surface area contributed by atoms with Crippen molar-refractivity contribution in [2.75, 3.05) is 11.2 Å². The van der Waals surface area contributed by atoms with Crippen molar-refractivity contribution in [3.8, 4) is 0 Å². The standard InChI is InChI=1S/C27H33NS/c1-26(2,3)20-11-15-22(16-12-20)28(24-9-8-10-25(19-24)29-7)23-17-13-21(14-18-23)27(4,5)6/h8-19H,1-7H3. The molecule has 0 heterocycles. The highest BCUT2D eigenvalue weighted by Crippen LogP contribution is 2.37. The van der Waals surface area contributed by atoms with Gasteiger partial charge in [-0.15, -0.1) is 11.8 Å². The van der Waals surface area contributed by atoms with Gasteiger partial charge in [0.1, 0.15) is 0 Å². The Bertz CT molecular complexity index is 884. The lowest BCUT2D eigenvalue weighted by molar-refractivity contribution is 0.590. The van der Waals surface area contributed by atoms with Crippen LogP contribution in [0.3, 0.4) is 0 Å². The molecule has 0 aromatic heterocycles. The molecule has 0 aliphatic carbocycles. The summed E-state index contributed by atoms with van der Waals surface area (Å²) in [6.07, 6.45) is 2.12. The van der Waals surface area contributed by atoms with Gasteiger partial charge in [0.25, 0.3) is 0 Å². The van der Waals surface area contributed by atoms with E-state index in [1.165, 1.54) is 33.1 Å².